The zero-order chi connectivity index (χ0) is 15.0. The van der Waals surface area contributed by atoms with E-state index in [0.29, 0.717) is 13.2 Å². The highest BCUT2D eigenvalue weighted by Gasteiger charge is 2.14. The van der Waals surface area contributed by atoms with E-state index in [1.165, 1.54) is 0 Å². The minimum Gasteiger partial charge on any atom is -0.493 e. The monoisotopic (exact) mass is 345 g/mol. The molecule has 1 atom stereocenters. The molecule has 0 heterocycles. The van der Waals surface area contributed by atoms with Crippen molar-refractivity contribution in [2.75, 3.05) is 20.3 Å². The van der Waals surface area contributed by atoms with Crippen LogP contribution in [0.5, 0.6) is 11.5 Å². The molecule has 114 valence electrons. The minimum atomic E-state index is 0.0963. The van der Waals surface area contributed by atoms with Crippen LogP contribution in [0.2, 0.25) is 0 Å². The van der Waals surface area contributed by atoms with Gasteiger partial charge in [-0.2, -0.15) is 0 Å². The Kier molecular flexibility index (Phi) is 7.95. The van der Waals surface area contributed by atoms with E-state index in [0.717, 1.165) is 34.4 Å². The van der Waals surface area contributed by atoms with Gasteiger partial charge in [-0.05, 0) is 25.0 Å². The first kappa shape index (κ1) is 17.3. The van der Waals surface area contributed by atoms with Crippen LogP contribution in [0.4, 0.5) is 0 Å². The minimum absolute atomic E-state index is 0.0963. The van der Waals surface area contributed by atoms with Crippen LogP contribution in [0, 0.1) is 0 Å². The Morgan fingerprint density at radius 1 is 1.35 bits per heavy atom. The van der Waals surface area contributed by atoms with Crippen LogP contribution in [0.15, 0.2) is 16.6 Å². The predicted octanol–water partition coefficient (Wildman–Crippen LogP) is 3.11. The van der Waals surface area contributed by atoms with Gasteiger partial charge in [0.1, 0.15) is 0 Å². The average molecular weight is 346 g/mol. The smallest absolute Gasteiger partial charge is 0.165 e. The van der Waals surface area contributed by atoms with Crippen molar-refractivity contribution in [3.8, 4) is 11.5 Å². The number of rotatable bonds is 9. The van der Waals surface area contributed by atoms with Crippen LogP contribution in [-0.4, -0.2) is 31.5 Å². The van der Waals surface area contributed by atoms with Gasteiger partial charge in [0, 0.05) is 22.6 Å². The van der Waals surface area contributed by atoms with E-state index >= 15 is 0 Å². The molecular formula is C15H24BrNO3. The lowest BCUT2D eigenvalue weighted by atomic mass is 10.1. The lowest BCUT2D eigenvalue weighted by Crippen LogP contribution is -2.31. The lowest BCUT2D eigenvalue weighted by molar-refractivity contribution is 0.237. The van der Waals surface area contributed by atoms with Crippen molar-refractivity contribution in [3.63, 3.8) is 0 Å². The number of benzene rings is 1. The fourth-order valence-corrected chi connectivity index (χ4v) is 2.35. The van der Waals surface area contributed by atoms with Gasteiger partial charge in [0.15, 0.2) is 11.5 Å². The van der Waals surface area contributed by atoms with Gasteiger partial charge in [-0.1, -0.05) is 29.8 Å². The number of aliphatic hydroxyl groups is 1. The number of nitrogens with one attached hydrogen (secondary N) is 1. The molecule has 5 heteroatoms. The molecule has 4 nitrogen and oxygen atoms in total. The van der Waals surface area contributed by atoms with Crippen LogP contribution < -0.4 is 14.8 Å². The molecule has 0 aromatic heterocycles. The van der Waals surface area contributed by atoms with Crippen LogP contribution in [0.25, 0.3) is 0 Å². The fraction of sp³-hybridized carbons (Fsp3) is 0.600. The maximum absolute atomic E-state index is 9.24. The molecule has 0 fully saturated rings. The summed E-state index contributed by atoms with van der Waals surface area (Å²) in [4.78, 5) is 0. The second kappa shape index (κ2) is 9.21. The Bertz CT molecular complexity index is 408. The molecule has 2 N–H and O–H groups in total. The highest BCUT2D eigenvalue weighted by molar-refractivity contribution is 9.10. The van der Waals surface area contributed by atoms with Crippen molar-refractivity contribution in [2.45, 2.75) is 39.3 Å². The number of methoxy groups -OCH3 is 1. The average Bonchev–Trinajstić information content (AvgIpc) is 2.46. The molecule has 0 unspecified atom stereocenters. The summed E-state index contributed by atoms with van der Waals surface area (Å²) in [5.74, 6) is 1.50. The number of ether oxygens (including phenoxy) is 2. The number of aliphatic hydroxyl groups excluding tert-OH is 1. The first-order valence-corrected chi connectivity index (χ1v) is 7.78. The summed E-state index contributed by atoms with van der Waals surface area (Å²) < 4.78 is 12.2. The van der Waals surface area contributed by atoms with Crippen LogP contribution >= 0.6 is 15.9 Å². The SMILES string of the molecule is CCCOc1c(CN[C@H](CC)CO)cc(Br)cc1OC. The summed E-state index contributed by atoms with van der Waals surface area (Å²) in [7, 11) is 1.64. The van der Waals surface area contributed by atoms with Gasteiger partial charge in [-0.15, -0.1) is 0 Å². The van der Waals surface area contributed by atoms with E-state index in [2.05, 4.69) is 28.2 Å². The first-order chi connectivity index (χ1) is 9.65. The maximum Gasteiger partial charge on any atom is 0.165 e. The molecule has 1 aromatic carbocycles. The van der Waals surface area contributed by atoms with Crippen LogP contribution in [-0.2, 0) is 6.54 Å². The van der Waals surface area contributed by atoms with Crippen molar-refractivity contribution in [1.29, 1.82) is 0 Å². The van der Waals surface area contributed by atoms with Crippen molar-refractivity contribution in [1.82, 2.24) is 5.32 Å². The molecule has 0 bridgehead atoms. The fourth-order valence-electron chi connectivity index (χ4n) is 1.87. The summed E-state index contributed by atoms with van der Waals surface area (Å²) >= 11 is 3.48. The van der Waals surface area contributed by atoms with Gasteiger partial charge in [0.25, 0.3) is 0 Å². The summed E-state index contributed by atoms with van der Waals surface area (Å²) in [6.45, 7) is 5.54. The van der Waals surface area contributed by atoms with Crippen molar-refractivity contribution < 1.29 is 14.6 Å². The molecule has 0 aliphatic rings. The lowest BCUT2D eigenvalue weighted by Gasteiger charge is -2.18. The Hall–Kier alpha value is -0.780. The zero-order valence-electron chi connectivity index (χ0n) is 12.4. The molecule has 0 aliphatic carbocycles. The summed E-state index contributed by atoms with van der Waals surface area (Å²) in [6, 6.07) is 4.02. The maximum atomic E-state index is 9.24. The molecule has 0 saturated heterocycles. The molecule has 0 saturated carbocycles. The molecule has 20 heavy (non-hydrogen) atoms. The predicted molar refractivity (Wildman–Crippen MR) is 84.5 cm³/mol. The summed E-state index contributed by atoms with van der Waals surface area (Å²) in [5, 5.41) is 12.6. The normalized spacial score (nSPS) is 12.2. The molecule has 0 spiro atoms. The van der Waals surface area contributed by atoms with Crippen LogP contribution in [0.3, 0.4) is 0 Å². The van der Waals surface area contributed by atoms with Crippen LogP contribution in [0.1, 0.15) is 32.3 Å². The van der Waals surface area contributed by atoms with Gasteiger partial charge >= 0.3 is 0 Å². The third kappa shape index (κ3) is 4.96. The topological polar surface area (TPSA) is 50.7 Å². The Morgan fingerprint density at radius 2 is 2.10 bits per heavy atom. The van der Waals surface area contributed by atoms with Gasteiger partial charge in [0.2, 0.25) is 0 Å². The Morgan fingerprint density at radius 3 is 2.65 bits per heavy atom. The van der Waals surface area contributed by atoms with E-state index in [4.69, 9.17) is 9.47 Å². The molecule has 0 amide bonds. The summed E-state index contributed by atoms with van der Waals surface area (Å²) in [5.41, 5.74) is 1.02. The molecule has 0 aliphatic heterocycles. The van der Waals surface area contributed by atoms with Gasteiger partial charge in [-0.25, -0.2) is 0 Å². The molecule has 0 radical (unpaired) electrons. The van der Waals surface area contributed by atoms with Gasteiger partial charge in [0.05, 0.1) is 20.3 Å². The summed E-state index contributed by atoms with van der Waals surface area (Å²) in [6.07, 6.45) is 1.83. The Balaban J connectivity index is 2.93. The van der Waals surface area contributed by atoms with Gasteiger partial charge in [-0.3, -0.25) is 0 Å². The second-order valence-electron chi connectivity index (χ2n) is 4.61. The van der Waals surface area contributed by atoms with Gasteiger partial charge < -0.3 is 19.9 Å². The highest BCUT2D eigenvalue weighted by Crippen LogP contribution is 2.35. The third-order valence-electron chi connectivity index (χ3n) is 3.06. The van der Waals surface area contributed by atoms with E-state index in [-0.39, 0.29) is 12.6 Å². The zero-order valence-corrected chi connectivity index (χ0v) is 14.0. The number of halogens is 1. The van der Waals surface area contributed by atoms with Crippen molar-refractivity contribution >= 4 is 15.9 Å². The van der Waals surface area contributed by atoms with E-state index in [1.807, 2.05) is 19.1 Å². The van der Waals surface area contributed by atoms with E-state index in [1.54, 1.807) is 7.11 Å². The number of hydrogen-bond acceptors (Lipinski definition) is 4. The quantitative estimate of drug-likeness (QED) is 0.721. The number of hydrogen-bond donors (Lipinski definition) is 2. The molecular weight excluding hydrogens is 322 g/mol. The Labute approximate surface area is 129 Å². The largest absolute Gasteiger partial charge is 0.493 e. The van der Waals surface area contributed by atoms with E-state index < -0.39 is 0 Å². The third-order valence-corrected chi connectivity index (χ3v) is 3.52. The van der Waals surface area contributed by atoms with E-state index in [9.17, 15) is 5.11 Å². The first-order valence-electron chi connectivity index (χ1n) is 6.99. The standard InChI is InChI=1S/C15H24BrNO3/c1-4-6-20-15-11(9-17-13(5-2)10-18)7-12(16)8-14(15)19-3/h7-8,13,17-18H,4-6,9-10H2,1-3H3/t13-/m1/s1. The highest BCUT2D eigenvalue weighted by atomic mass is 79.9. The molecule has 1 aromatic rings. The van der Waals surface area contributed by atoms with Crippen molar-refractivity contribution in [2.24, 2.45) is 0 Å². The molecule has 1 rings (SSSR count). The van der Waals surface area contributed by atoms with Crippen molar-refractivity contribution in [3.05, 3.63) is 22.2 Å². The second-order valence-corrected chi connectivity index (χ2v) is 5.53.